The molecule has 4 heterocycles. The highest BCUT2D eigenvalue weighted by Crippen LogP contribution is 2.38. The second-order valence-electron chi connectivity index (χ2n) is 11.6. The number of anilines is 1. The number of aliphatic hydroxyl groups excluding tert-OH is 1. The molecule has 0 unspecified atom stereocenters. The number of aliphatic hydroxyl groups is 1. The Morgan fingerprint density at radius 1 is 1.07 bits per heavy atom. The smallest absolute Gasteiger partial charge is 0.193 e. The van der Waals surface area contributed by atoms with E-state index >= 15 is 4.39 Å². The predicted octanol–water partition coefficient (Wildman–Crippen LogP) is 4.92. The van der Waals surface area contributed by atoms with Gasteiger partial charge in [-0.1, -0.05) is 0 Å². The van der Waals surface area contributed by atoms with Gasteiger partial charge in [0.15, 0.2) is 17.0 Å². The third-order valence-electron chi connectivity index (χ3n) is 8.34. The van der Waals surface area contributed by atoms with Gasteiger partial charge in [0.2, 0.25) is 0 Å². The van der Waals surface area contributed by atoms with Gasteiger partial charge in [0.25, 0.3) is 0 Å². The molecule has 4 aromatic rings. The predicted molar refractivity (Wildman–Crippen MR) is 161 cm³/mol. The molecule has 1 aliphatic carbocycles. The monoisotopic (exact) mass is 571 g/mol. The van der Waals surface area contributed by atoms with E-state index in [0.717, 1.165) is 61.4 Å². The van der Waals surface area contributed by atoms with E-state index < -0.39 is 5.82 Å². The zero-order valence-corrected chi connectivity index (χ0v) is 24.3. The van der Waals surface area contributed by atoms with Crippen LogP contribution < -0.4 is 15.1 Å². The standard InChI is InChI=1S/C33H38FN5O3/c1-22-5-6-27(17-36-22)37-11-3-4-28(21-37)38(18-24-9-10-35-23(2)14-24)19-25-20-39(26-7-8-26)31-16-32(42-13-12-40)30(34)15-29(31)33(25)41/h5-6,9-10,14-17,20,26,28,40H,3-4,7-8,11-13,18-19,21H2,1-2H3/t28-/m0/s1. The van der Waals surface area contributed by atoms with Crippen molar-refractivity contribution in [1.29, 1.82) is 0 Å². The Morgan fingerprint density at radius 2 is 1.93 bits per heavy atom. The Kier molecular flexibility index (Phi) is 8.22. The van der Waals surface area contributed by atoms with Crippen molar-refractivity contribution in [3.8, 4) is 5.75 Å². The average Bonchev–Trinajstić information content (AvgIpc) is 3.83. The van der Waals surface area contributed by atoms with Crippen LogP contribution in [0.5, 0.6) is 5.75 Å². The van der Waals surface area contributed by atoms with E-state index in [9.17, 15) is 4.79 Å². The molecule has 2 aliphatic rings. The second kappa shape index (κ2) is 12.2. The Labute approximate surface area is 245 Å². The molecule has 1 N–H and O–H groups in total. The lowest BCUT2D eigenvalue weighted by Gasteiger charge is -2.40. The fourth-order valence-corrected chi connectivity index (χ4v) is 6.05. The Morgan fingerprint density at radius 3 is 2.67 bits per heavy atom. The van der Waals surface area contributed by atoms with Crippen LogP contribution in [-0.4, -0.2) is 56.9 Å². The van der Waals surface area contributed by atoms with Crippen molar-refractivity contribution in [2.75, 3.05) is 31.2 Å². The lowest BCUT2D eigenvalue weighted by atomic mass is 10.0. The minimum absolute atomic E-state index is 0.00529. The maximum atomic E-state index is 15.0. The number of ether oxygens (including phenoxy) is 1. The minimum atomic E-state index is -0.591. The first-order valence-corrected chi connectivity index (χ1v) is 14.8. The number of fused-ring (bicyclic) bond motifs is 1. The van der Waals surface area contributed by atoms with Gasteiger partial charge in [-0.05, 0) is 75.4 Å². The molecule has 1 atom stereocenters. The maximum Gasteiger partial charge on any atom is 0.193 e. The maximum absolute atomic E-state index is 15.0. The SMILES string of the molecule is Cc1ccc(N2CCC[C@H](N(Cc3ccnc(C)c3)Cc3cn(C4CC4)c4cc(OCCO)c(F)cc4c3=O)C2)cn1. The largest absolute Gasteiger partial charge is 0.488 e. The molecule has 6 rings (SSSR count). The van der Waals surface area contributed by atoms with Crippen LogP contribution in [0.4, 0.5) is 10.1 Å². The summed E-state index contributed by atoms with van der Waals surface area (Å²) in [6.45, 7) is 6.70. The first-order valence-electron chi connectivity index (χ1n) is 14.8. The minimum Gasteiger partial charge on any atom is -0.488 e. The van der Waals surface area contributed by atoms with Crippen LogP contribution in [0.25, 0.3) is 10.9 Å². The number of halogens is 1. The molecule has 42 heavy (non-hydrogen) atoms. The van der Waals surface area contributed by atoms with Crippen LogP contribution in [0.1, 0.15) is 54.2 Å². The lowest BCUT2D eigenvalue weighted by Crippen LogP contribution is -2.48. The van der Waals surface area contributed by atoms with Crippen LogP contribution in [0, 0.1) is 19.7 Å². The Bertz CT molecular complexity index is 1620. The quantitative estimate of drug-likeness (QED) is 0.289. The van der Waals surface area contributed by atoms with Crippen molar-refractivity contribution in [2.24, 2.45) is 0 Å². The van der Waals surface area contributed by atoms with Gasteiger partial charge in [-0.2, -0.15) is 0 Å². The van der Waals surface area contributed by atoms with Crippen LogP contribution in [0.2, 0.25) is 0 Å². The topological polar surface area (TPSA) is 83.7 Å². The summed E-state index contributed by atoms with van der Waals surface area (Å²) in [5.41, 5.74) is 5.40. The van der Waals surface area contributed by atoms with Crippen molar-refractivity contribution in [1.82, 2.24) is 19.4 Å². The number of nitrogens with zero attached hydrogens (tertiary/aromatic N) is 5. The molecule has 1 saturated heterocycles. The van der Waals surface area contributed by atoms with Crippen LogP contribution in [-0.2, 0) is 13.1 Å². The first kappa shape index (κ1) is 28.3. The molecule has 8 nitrogen and oxygen atoms in total. The van der Waals surface area contributed by atoms with E-state index in [1.54, 1.807) is 6.07 Å². The summed E-state index contributed by atoms with van der Waals surface area (Å²) < 4.78 is 22.6. The normalized spacial score (nSPS) is 17.3. The zero-order chi connectivity index (χ0) is 29.2. The summed E-state index contributed by atoms with van der Waals surface area (Å²) in [5.74, 6) is -0.535. The fraction of sp³-hybridized carbons (Fsp3) is 0.424. The number of aromatic nitrogens is 3. The van der Waals surface area contributed by atoms with Gasteiger partial charge < -0.3 is 19.3 Å². The highest BCUT2D eigenvalue weighted by molar-refractivity contribution is 5.81. The van der Waals surface area contributed by atoms with E-state index in [4.69, 9.17) is 9.84 Å². The highest BCUT2D eigenvalue weighted by atomic mass is 19.1. The lowest BCUT2D eigenvalue weighted by molar-refractivity contribution is 0.158. The van der Waals surface area contributed by atoms with Gasteiger partial charge in [0.05, 0.1) is 24.0 Å². The van der Waals surface area contributed by atoms with Crippen LogP contribution in [0.15, 0.2) is 59.8 Å². The Hall–Kier alpha value is -3.82. The molecule has 0 spiro atoms. The number of pyridine rings is 3. The summed E-state index contributed by atoms with van der Waals surface area (Å²) in [7, 11) is 0. The third kappa shape index (κ3) is 6.17. The molecule has 3 aromatic heterocycles. The Balaban J connectivity index is 1.36. The van der Waals surface area contributed by atoms with E-state index in [2.05, 4.69) is 36.5 Å². The molecule has 0 radical (unpaired) electrons. The molecule has 9 heteroatoms. The molecular formula is C33H38FN5O3. The summed E-state index contributed by atoms with van der Waals surface area (Å²) in [4.78, 5) is 27.6. The van der Waals surface area contributed by atoms with Gasteiger partial charge >= 0.3 is 0 Å². The van der Waals surface area contributed by atoms with E-state index in [1.165, 1.54) is 6.07 Å². The summed E-state index contributed by atoms with van der Waals surface area (Å²) in [6.07, 6.45) is 9.85. The first-order chi connectivity index (χ1) is 20.4. The zero-order valence-electron chi connectivity index (χ0n) is 24.3. The molecule has 1 aliphatic heterocycles. The van der Waals surface area contributed by atoms with Crippen molar-refractivity contribution in [3.63, 3.8) is 0 Å². The number of aryl methyl sites for hydroxylation is 2. The van der Waals surface area contributed by atoms with Gasteiger partial charge in [0, 0.05) is 79.1 Å². The van der Waals surface area contributed by atoms with E-state index in [-0.39, 0.29) is 36.5 Å². The van der Waals surface area contributed by atoms with Crippen molar-refractivity contribution < 1.29 is 14.2 Å². The van der Waals surface area contributed by atoms with Crippen molar-refractivity contribution in [3.05, 3.63) is 93.5 Å². The molecular weight excluding hydrogens is 533 g/mol. The number of hydrogen-bond donors (Lipinski definition) is 1. The average molecular weight is 572 g/mol. The number of hydrogen-bond acceptors (Lipinski definition) is 7. The van der Waals surface area contributed by atoms with Gasteiger partial charge in [0.1, 0.15) is 6.61 Å². The number of benzene rings is 1. The fourth-order valence-electron chi connectivity index (χ4n) is 6.05. The van der Waals surface area contributed by atoms with Crippen LogP contribution >= 0.6 is 0 Å². The van der Waals surface area contributed by atoms with Crippen molar-refractivity contribution in [2.45, 2.75) is 64.7 Å². The molecule has 220 valence electrons. The second-order valence-corrected chi connectivity index (χ2v) is 11.6. The molecule has 2 fully saturated rings. The summed E-state index contributed by atoms with van der Waals surface area (Å²) in [6, 6.07) is 11.7. The molecule has 0 bridgehead atoms. The van der Waals surface area contributed by atoms with Gasteiger partial charge in [-0.3, -0.25) is 19.7 Å². The summed E-state index contributed by atoms with van der Waals surface area (Å²) in [5, 5.41) is 9.52. The molecule has 0 amide bonds. The van der Waals surface area contributed by atoms with E-state index in [0.29, 0.717) is 29.6 Å². The highest BCUT2D eigenvalue weighted by Gasteiger charge is 2.30. The third-order valence-corrected chi connectivity index (χ3v) is 8.34. The van der Waals surface area contributed by atoms with Crippen LogP contribution in [0.3, 0.4) is 0 Å². The number of rotatable bonds is 10. The van der Waals surface area contributed by atoms with E-state index in [1.807, 2.05) is 44.6 Å². The van der Waals surface area contributed by atoms with Gasteiger partial charge in [-0.15, -0.1) is 0 Å². The molecule has 1 aromatic carbocycles. The van der Waals surface area contributed by atoms with Crippen molar-refractivity contribution >= 4 is 16.6 Å². The summed E-state index contributed by atoms with van der Waals surface area (Å²) >= 11 is 0. The molecule has 1 saturated carbocycles. The van der Waals surface area contributed by atoms with Gasteiger partial charge in [-0.25, -0.2) is 4.39 Å². The number of piperidine rings is 1.